The largest absolute Gasteiger partial charge is 0.416 e. The van der Waals surface area contributed by atoms with Gasteiger partial charge in [-0.3, -0.25) is 4.72 Å². The molecule has 0 saturated heterocycles. The van der Waals surface area contributed by atoms with Crippen molar-refractivity contribution in [2.75, 3.05) is 4.72 Å². The van der Waals surface area contributed by atoms with Gasteiger partial charge in [-0.1, -0.05) is 78.1 Å². The SMILES string of the molecule is Cc1ccc(S(=O)(=O)Nc2ccccc2C(O)(C#Cc2ccc(C(F)(F)F)cc2)c2ccccc2)cc1. The van der Waals surface area contributed by atoms with Crippen LogP contribution in [0.15, 0.2) is 108 Å². The minimum atomic E-state index is -4.48. The number of sulfonamides is 1. The van der Waals surface area contributed by atoms with Gasteiger partial charge in [-0.15, -0.1) is 0 Å². The first-order chi connectivity index (χ1) is 17.5. The Bertz CT molecular complexity index is 1560. The van der Waals surface area contributed by atoms with Gasteiger partial charge in [-0.05, 0) is 49.4 Å². The van der Waals surface area contributed by atoms with Gasteiger partial charge in [0.2, 0.25) is 0 Å². The lowest BCUT2D eigenvalue weighted by Gasteiger charge is -2.26. The summed E-state index contributed by atoms with van der Waals surface area (Å²) in [6.45, 7) is 1.84. The van der Waals surface area contributed by atoms with Crippen molar-refractivity contribution in [3.8, 4) is 11.8 Å². The number of aliphatic hydroxyl groups is 1. The summed E-state index contributed by atoms with van der Waals surface area (Å²) in [7, 11) is -4.00. The highest BCUT2D eigenvalue weighted by atomic mass is 32.2. The highest BCUT2D eigenvalue weighted by molar-refractivity contribution is 7.92. The number of halogens is 3. The molecule has 37 heavy (non-hydrogen) atoms. The maximum atomic E-state index is 13.1. The fourth-order valence-corrected chi connectivity index (χ4v) is 4.77. The summed E-state index contributed by atoms with van der Waals surface area (Å²) in [5.41, 5.74) is -1.02. The summed E-state index contributed by atoms with van der Waals surface area (Å²) >= 11 is 0. The number of para-hydroxylation sites is 1. The second kappa shape index (κ2) is 10.1. The first kappa shape index (κ1) is 26.0. The summed E-state index contributed by atoms with van der Waals surface area (Å²) in [6.07, 6.45) is -4.48. The molecule has 0 bridgehead atoms. The third kappa shape index (κ3) is 5.85. The summed E-state index contributed by atoms with van der Waals surface area (Å²) < 4.78 is 67.5. The number of benzene rings is 4. The van der Waals surface area contributed by atoms with Gasteiger partial charge in [0.25, 0.3) is 10.0 Å². The van der Waals surface area contributed by atoms with Gasteiger partial charge in [0.05, 0.1) is 16.1 Å². The summed E-state index contributed by atoms with van der Waals surface area (Å²) in [6, 6.07) is 25.3. The smallest absolute Gasteiger partial charge is 0.369 e. The normalized spacial score (nSPS) is 13.2. The molecule has 4 nitrogen and oxygen atoms in total. The molecule has 4 aromatic carbocycles. The molecule has 0 radical (unpaired) electrons. The fraction of sp³-hybridized carbons (Fsp3) is 0.103. The number of nitrogens with one attached hydrogen (secondary N) is 1. The molecule has 1 unspecified atom stereocenters. The topological polar surface area (TPSA) is 66.4 Å². The van der Waals surface area contributed by atoms with Gasteiger partial charge in [-0.2, -0.15) is 13.2 Å². The Labute approximate surface area is 213 Å². The zero-order valence-electron chi connectivity index (χ0n) is 19.6. The zero-order chi connectivity index (χ0) is 26.7. The number of anilines is 1. The van der Waals surface area contributed by atoms with Gasteiger partial charge >= 0.3 is 6.18 Å². The van der Waals surface area contributed by atoms with E-state index in [0.717, 1.165) is 17.7 Å². The standard InChI is InChI=1S/C29H22F3NO3S/c1-21-11-17-25(18-12-21)37(35,36)33-27-10-6-5-9-26(27)28(34,23-7-3-2-4-8-23)20-19-22-13-15-24(16-14-22)29(30,31)32/h2-18,33-34H,1H3. The van der Waals surface area contributed by atoms with E-state index in [4.69, 9.17) is 0 Å². The van der Waals surface area contributed by atoms with E-state index in [1.165, 1.54) is 30.3 Å². The van der Waals surface area contributed by atoms with Crippen LogP contribution in [0.25, 0.3) is 0 Å². The van der Waals surface area contributed by atoms with Crippen molar-refractivity contribution in [1.29, 1.82) is 0 Å². The van der Waals surface area contributed by atoms with Crippen LogP contribution in [0.4, 0.5) is 18.9 Å². The van der Waals surface area contributed by atoms with E-state index in [9.17, 15) is 26.7 Å². The molecule has 0 heterocycles. The Balaban J connectivity index is 1.80. The molecule has 0 aliphatic heterocycles. The quantitative estimate of drug-likeness (QED) is 0.312. The van der Waals surface area contributed by atoms with Crippen LogP contribution in [-0.2, 0) is 21.8 Å². The minimum Gasteiger partial charge on any atom is -0.369 e. The third-order valence-corrected chi connectivity index (χ3v) is 7.07. The number of rotatable bonds is 5. The summed E-state index contributed by atoms with van der Waals surface area (Å²) in [5.74, 6) is 5.51. The maximum absolute atomic E-state index is 13.1. The Hall–Kier alpha value is -4.06. The molecule has 0 fully saturated rings. The second-order valence-corrected chi connectivity index (χ2v) is 10.0. The molecule has 4 aromatic rings. The van der Waals surface area contributed by atoms with E-state index in [2.05, 4.69) is 16.6 Å². The molecule has 4 rings (SSSR count). The second-order valence-electron chi connectivity index (χ2n) is 8.37. The number of hydrogen-bond acceptors (Lipinski definition) is 3. The van der Waals surface area contributed by atoms with E-state index in [-0.39, 0.29) is 21.7 Å². The minimum absolute atomic E-state index is 0.0481. The molecule has 0 amide bonds. The molecule has 0 aliphatic rings. The molecule has 188 valence electrons. The van der Waals surface area contributed by atoms with Crippen molar-refractivity contribution in [2.45, 2.75) is 23.6 Å². The molecule has 0 spiro atoms. The summed E-state index contributed by atoms with van der Waals surface area (Å²) in [4.78, 5) is 0.0481. The van der Waals surface area contributed by atoms with E-state index < -0.39 is 27.4 Å². The van der Waals surface area contributed by atoms with Crippen LogP contribution >= 0.6 is 0 Å². The highest BCUT2D eigenvalue weighted by Gasteiger charge is 2.33. The Morgan fingerprint density at radius 2 is 1.35 bits per heavy atom. The molecular formula is C29H22F3NO3S. The number of alkyl halides is 3. The van der Waals surface area contributed by atoms with Gasteiger partial charge in [0.1, 0.15) is 0 Å². The molecule has 0 saturated carbocycles. The highest BCUT2D eigenvalue weighted by Crippen LogP contribution is 2.35. The lowest BCUT2D eigenvalue weighted by atomic mass is 9.85. The van der Waals surface area contributed by atoms with E-state index >= 15 is 0 Å². The van der Waals surface area contributed by atoms with E-state index in [0.29, 0.717) is 5.56 Å². The van der Waals surface area contributed by atoms with Crippen LogP contribution in [0, 0.1) is 18.8 Å². The van der Waals surface area contributed by atoms with Crippen molar-refractivity contribution >= 4 is 15.7 Å². The average molecular weight is 522 g/mol. The fourth-order valence-electron chi connectivity index (χ4n) is 3.69. The van der Waals surface area contributed by atoms with E-state index in [1.807, 2.05) is 6.92 Å². The van der Waals surface area contributed by atoms with Crippen LogP contribution in [0.5, 0.6) is 0 Å². The molecule has 0 aromatic heterocycles. The Morgan fingerprint density at radius 3 is 1.97 bits per heavy atom. The van der Waals surface area contributed by atoms with Gasteiger partial charge in [-0.25, -0.2) is 8.42 Å². The van der Waals surface area contributed by atoms with Gasteiger partial charge in [0.15, 0.2) is 5.60 Å². The molecule has 2 N–H and O–H groups in total. The predicted octanol–water partition coefficient (Wildman–Crippen LogP) is 6.10. The Morgan fingerprint density at radius 1 is 0.757 bits per heavy atom. The first-order valence-electron chi connectivity index (χ1n) is 11.2. The number of aryl methyl sites for hydroxylation is 1. The van der Waals surface area contributed by atoms with Crippen molar-refractivity contribution < 1.29 is 26.7 Å². The molecular weight excluding hydrogens is 499 g/mol. The number of hydrogen-bond donors (Lipinski definition) is 2. The lowest BCUT2D eigenvalue weighted by Crippen LogP contribution is -2.27. The van der Waals surface area contributed by atoms with Crippen molar-refractivity contribution in [3.63, 3.8) is 0 Å². The van der Waals surface area contributed by atoms with E-state index in [1.54, 1.807) is 60.7 Å². The van der Waals surface area contributed by atoms with Crippen molar-refractivity contribution in [3.05, 3.63) is 131 Å². The maximum Gasteiger partial charge on any atom is 0.416 e. The average Bonchev–Trinajstić information content (AvgIpc) is 2.88. The third-order valence-electron chi connectivity index (χ3n) is 5.68. The monoisotopic (exact) mass is 521 g/mol. The summed E-state index contributed by atoms with van der Waals surface area (Å²) in [5, 5.41) is 11.9. The molecule has 0 aliphatic carbocycles. The molecule has 1 atom stereocenters. The van der Waals surface area contributed by atoms with Gasteiger partial charge < -0.3 is 5.11 Å². The molecule has 8 heteroatoms. The van der Waals surface area contributed by atoms with Crippen molar-refractivity contribution in [1.82, 2.24) is 0 Å². The van der Waals surface area contributed by atoms with Gasteiger partial charge in [0, 0.05) is 16.7 Å². The zero-order valence-corrected chi connectivity index (χ0v) is 20.4. The van der Waals surface area contributed by atoms with Crippen LogP contribution in [0.3, 0.4) is 0 Å². The lowest BCUT2D eigenvalue weighted by molar-refractivity contribution is -0.137. The predicted molar refractivity (Wildman–Crippen MR) is 136 cm³/mol. The van der Waals surface area contributed by atoms with Crippen molar-refractivity contribution in [2.24, 2.45) is 0 Å². The Kier molecular flexibility index (Phi) is 7.12. The first-order valence-corrected chi connectivity index (χ1v) is 12.6. The van der Waals surface area contributed by atoms with Crippen LogP contribution in [0.1, 0.15) is 27.8 Å². The van der Waals surface area contributed by atoms with Crippen LogP contribution in [0.2, 0.25) is 0 Å². The van der Waals surface area contributed by atoms with Crippen LogP contribution in [-0.4, -0.2) is 13.5 Å². The van der Waals surface area contributed by atoms with Crippen LogP contribution < -0.4 is 4.72 Å².